The summed E-state index contributed by atoms with van der Waals surface area (Å²) in [5.74, 6) is -0.345. The quantitative estimate of drug-likeness (QED) is 0.839. The summed E-state index contributed by atoms with van der Waals surface area (Å²) >= 11 is 0. The van der Waals surface area contributed by atoms with Crippen LogP contribution in [0.3, 0.4) is 0 Å². The maximum Gasteiger partial charge on any atom is 0.309 e. The zero-order valence-electron chi connectivity index (χ0n) is 9.47. The molecule has 1 aliphatic heterocycles. The Morgan fingerprint density at radius 1 is 1.44 bits per heavy atom. The average Bonchev–Trinajstić information content (AvgIpc) is 2.23. The van der Waals surface area contributed by atoms with Crippen molar-refractivity contribution in [2.45, 2.75) is 12.8 Å². The van der Waals surface area contributed by atoms with Crippen molar-refractivity contribution in [2.75, 3.05) is 19.6 Å². The molecule has 0 saturated carbocycles. The summed E-state index contributed by atoms with van der Waals surface area (Å²) in [6.45, 7) is 4.54. The van der Waals surface area contributed by atoms with Crippen molar-refractivity contribution in [1.82, 2.24) is 4.90 Å². The van der Waals surface area contributed by atoms with Crippen LogP contribution in [0.15, 0.2) is 30.3 Å². The Hall–Kier alpha value is -1.35. The molecule has 2 rings (SSSR count). The molecule has 0 aliphatic carbocycles. The van der Waals surface area contributed by atoms with E-state index in [4.69, 9.17) is 5.11 Å². The van der Waals surface area contributed by atoms with Gasteiger partial charge in [0.2, 0.25) is 0 Å². The second-order valence-electron chi connectivity index (χ2n) is 4.57. The van der Waals surface area contributed by atoms with Crippen molar-refractivity contribution in [3.8, 4) is 0 Å². The predicted octanol–water partition coefficient (Wildman–Crippen LogP) is 1.81. The van der Waals surface area contributed by atoms with Crippen molar-refractivity contribution in [3.05, 3.63) is 35.9 Å². The summed E-state index contributed by atoms with van der Waals surface area (Å²) < 4.78 is 0. The minimum Gasteiger partial charge on any atom is -0.481 e. The van der Waals surface area contributed by atoms with E-state index in [0.29, 0.717) is 19.0 Å². The van der Waals surface area contributed by atoms with Gasteiger partial charge in [0.15, 0.2) is 0 Å². The molecule has 16 heavy (non-hydrogen) atoms. The molecular formula is C13H17NO2. The zero-order valence-corrected chi connectivity index (χ0v) is 9.47. The van der Waals surface area contributed by atoms with E-state index in [1.807, 2.05) is 18.2 Å². The third kappa shape index (κ3) is 2.42. The van der Waals surface area contributed by atoms with E-state index >= 15 is 0 Å². The van der Waals surface area contributed by atoms with Crippen molar-refractivity contribution >= 4 is 5.97 Å². The molecule has 1 aromatic carbocycles. The van der Waals surface area contributed by atoms with Crippen LogP contribution < -0.4 is 0 Å². The Kier molecular flexibility index (Phi) is 3.25. The molecule has 3 nitrogen and oxygen atoms in total. The lowest BCUT2D eigenvalue weighted by Crippen LogP contribution is -2.51. The van der Waals surface area contributed by atoms with E-state index in [9.17, 15) is 4.79 Å². The molecule has 1 saturated heterocycles. The van der Waals surface area contributed by atoms with Crippen LogP contribution >= 0.6 is 0 Å². The summed E-state index contributed by atoms with van der Waals surface area (Å²) in [5.41, 5.74) is 1.32. The van der Waals surface area contributed by atoms with Crippen LogP contribution in [0.25, 0.3) is 0 Å². The standard InChI is InChI=1S/C13H17NO2/c1-10(11-5-3-2-4-6-11)7-14-8-12(9-14)13(15)16/h2-6,10,12H,7-9H2,1H3,(H,15,16)/t10-/m0/s1. The van der Waals surface area contributed by atoms with E-state index < -0.39 is 5.97 Å². The number of hydrogen-bond donors (Lipinski definition) is 1. The number of carboxylic acid groups (broad SMARTS) is 1. The van der Waals surface area contributed by atoms with Crippen molar-refractivity contribution in [2.24, 2.45) is 5.92 Å². The van der Waals surface area contributed by atoms with E-state index in [1.165, 1.54) is 5.56 Å². The lowest BCUT2D eigenvalue weighted by molar-refractivity contribution is -0.147. The Labute approximate surface area is 95.7 Å². The third-order valence-electron chi connectivity index (χ3n) is 3.21. The number of nitrogens with zero attached hydrogens (tertiary/aromatic N) is 1. The van der Waals surface area contributed by atoms with Gasteiger partial charge >= 0.3 is 5.97 Å². The second kappa shape index (κ2) is 4.66. The van der Waals surface area contributed by atoms with E-state index in [2.05, 4.69) is 24.0 Å². The first-order valence-electron chi connectivity index (χ1n) is 5.67. The summed E-state index contributed by atoms with van der Waals surface area (Å²) in [4.78, 5) is 12.9. The van der Waals surface area contributed by atoms with Crippen molar-refractivity contribution < 1.29 is 9.90 Å². The van der Waals surface area contributed by atoms with Gasteiger partial charge in [-0.3, -0.25) is 4.79 Å². The SMILES string of the molecule is C[C@@H](CN1CC(C(=O)O)C1)c1ccccc1. The number of carbonyl (C=O) groups is 1. The Morgan fingerprint density at radius 3 is 2.62 bits per heavy atom. The van der Waals surface area contributed by atoms with Crippen LogP contribution in [-0.2, 0) is 4.79 Å². The fraction of sp³-hybridized carbons (Fsp3) is 0.462. The molecule has 0 aromatic heterocycles. The van der Waals surface area contributed by atoms with Gasteiger partial charge in [0.05, 0.1) is 5.92 Å². The number of aliphatic carboxylic acids is 1. The predicted molar refractivity (Wildman–Crippen MR) is 62.4 cm³/mol. The highest BCUT2D eigenvalue weighted by atomic mass is 16.4. The van der Waals surface area contributed by atoms with Crippen LogP contribution in [0.4, 0.5) is 0 Å². The Morgan fingerprint density at radius 2 is 2.06 bits per heavy atom. The van der Waals surface area contributed by atoms with E-state index in [-0.39, 0.29) is 5.92 Å². The molecule has 1 heterocycles. The zero-order chi connectivity index (χ0) is 11.5. The number of hydrogen-bond acceptors (Lipinski definition) is 2. The van der Waals surface area contributed by atoms with Crippen LogP contribution in [0, 0.1) is 5.92 Å². The van der Waals surface area contributed by atoms with Crippen LogP contribution in [0.2, 0.25) is 0 Å². The maximum atomic E-state index is 10.7. The van der Waals surface area contributed by atoms with Crippen LogP contribution in [-0.4, -0.2) is 35.6 Å². The van der Waals surface area contributed by atoms with Gasteiger partial charge in [0.1, 0.15) is 0 Å². The fourth-order valence-electron chi connectivity index (χ4n) is 2.15. The molecule has 0 amide bonds. The average molecular weight is 219 g/mol. The molecule has 3 heteroatoms. The van der Waals surface area contributed by atoms with Crippen molar-refractivity contribution in [1.29, 1.82) is 0 Å². The number of carboxylic acids is 1. The Bertz CT molecular complexity index is 357. The highest BCUT2D eigenvalue weighted by Gasteiger charge is 2.32. The van der Waals surface area contributed by atoms with Gasteiger partial charge in [-0.1, -0.05) is 37.3 Å². The van der Waals surface area contributed by atoms with Gasteiger partial charge in [-0.25, -0.2) is 0 Å². The Balaban J connectivity index is 1.82. The smallest absolute Gasteiger partial charge is 0.309 e. The first kappa shape index (κ1) is 11.1. The molecule has 1 fully saturated rings. The normalized spacial score (nSPS) is 19.1. The molecule has 0 spiro atoms. The van der Waals surface area contributed by atoms with Crippen LogP contribution in [0.5, 0.6) is 0 Å². The summed E-state index contributed by atoms with van der Waals surface area (Å²) in [5, 5.41) is 8.78. The van der Waals surface area contributed by atoms with Crippen molar-refractivity contribution in [3.63, 3.8) is 0 Å². The van der Waals surface area contributed by atoms with Gasteiger partial charge in [0.25, 0.3) is 0 Å². The molecule has 0 bridgehead atoms. The summed E-state index contributed by atoms with van der Waals surface area (Å²) in [6.07, 6.45) is 0. The molecule has 0 unspecified atom stereocenters. The maximum absolute atomic E-state index is 10.7. The van der Waals surface area contributed by atoms with Gasteiger partial charge < -0.3 is 10.0 Å². The van der Waals surface area contributed by atoms with E-state index in [0.717, 1.165) is 6.54 Å². The summed E-state index contributed by atoms with van der Waals surface area (Å²) in [6, 6.07) is 10.3. The molecule has 1 aliphatic rings. The van der Waals surface area contributed by atoms with Gasteiger partial charge in [0, 0.05) is 19.6 Å². The second-order valence-corrected chi connectivity index (χ2v) is 4.57. The fourth-order valence-corrected chi connectivity index (χ4v) is 2.15. The highest BCUT2D eigenvalue weighted by molar-refractivity contribution is 5.71. The van der Waals surface area contributed by atoms with Gasteiger partial charge in [-0.05, 0) is 11.5 Å². The molecule has 1 aromatic rings. The number of likely N-dealkylation sites (tertiary alicyclic amines) is 1. The summed E-state index contributed by atoms with van der Waals surface area (Å²) in [7, 11) is 0. The van der Waals surface area contributed by atoms with Gasteiger partial charge in [-0.15, -0.1) is 0 Å². The minimum absolute atomic E-state index is 0.150. The first-order chi connectivity index (χ1) is 7.66. The molecular weight excluding hydrogens is 202 g/mol. The highest BCUT2D eigenvalue weighted by Crippen LogP contribution is 2.22. The number of benzene rings is 1. The molecule has 1 N–H and O–H groups in total. The first-order valence-corrected chi connectivity index (χ1v) is 5.67. The minimum atomic E-state index is -0.663. The lowest BCUT2D eigenvalue weighted by Gasteiger charge is -2.38. The topological polar surface area (TPSA) is 40.5 Å². The largest absolute Gasteiger partial charge is 0.481 e. The molecule has 0 radical (unpaired) electrons. The van der Waals surface area contributed by atoms with Gasteiger partial charge in [-0.2, -0.15) is 0 Å². The van der Waals surface area contributed by atoms with Crippen LogP contribution in [0.1, 0.15) is 18.4 Å². The lowest BCUT2D eigenvalue weighted by atomic mass is 9.95. The molecule has 86 valence electrons. The number of rotatable bonds is 4. The van der Waals surface area contributed by atoms with E-state index in [1.54, 1.807) is 0 Å². The molecule has 1 atom stereocenters. The third-order valence-corrected chi connectivity index (χ3v) is 3.21. The monoisotopic (exact) mass is 219 g/mol.